The van der Waals surface area contributed by atoms with Crippen LogP contribution < -0.4 is 0 Å². The first-order chi connectivity index (χ1) is 36.0. The van der Waals surface area contributed by atoms with Gasteiger partial charge in [-0.05, 0) is 116 Å². The smallest absolute Gasteiger partial charge is 0.306 e. The predicted octanol–water partition coefficient (Wildman–Crippen LogP) is 21.1. The third-order valence-corrected chi connectivity index (χ3v) is 13.4. The number of carbonyl (C=O) groups is 3. The second kappa shape index (κ2) is 61.1. The molecule has 0 aliphatic rings. The number of carbonyl (C=O) groups excluding carboxylic acids is 3. The van der Waals surface area contributed by atoms with Gasteiger partial charge in [0.15, 0.2) is 6.10 Å². The second-order valence-corrected chi connectivity index (χ2v) is 20.6. The first kappa shape index (κ1) is 69.6. The van der Waals surface area contributed by atoms with Crippen molar-refractivity contribution in [3.8, 4) is 0 Å². The minimum Gasteiger partial charge on any atom is -0.462 e. The molecule has 0 fully saturated rings. The zero-order chi connectivity index (χ0) is 52.9. The van der Waals surface area contributed by atoms with Gasteiger partial charge in [0.1, 0.15) is 13.2 Å². The van der Waals surface area contributed by atoms with Crippen LogP contribution in [-0.4, -0.2) is 37.2 Å². The van der Waals surface area contributed by atoms with Gasteiger partial charge in [0.25, 0.3) is 0 Å². The summed E-state index contributed by atoms with van der Waals surface area (Å²) in [6, 6.07) is 0. The quantitative estimate of drug-likeness (QED) is 0.0261. The molecule has 1 atom stereocenters. The molecule has 0 aromatic rings. The van der Waals surface area contributed by atoms with E-state index in [0.29, 0.717) is 19.3 Å². The summed E-state index contributed by atoms with van der Waals surface area (Å²) in [6.07, 6.45) is 80.0. The van der Waals surface area contributed by atoms with Crippen molar-refractivity contribution in [2.24, 2.45) is 0 Å². The first-order valence-corrected chi connectivity index (χ1v) is 31.1. The molecule has 6 nitrogen and oxygen atoms in total. The van der Waals surface area contributed by atoms with Crippen LogP contribution in [0, 0.1) is 0 Å². The van der Waals surface area contributed by atoms with Gasteiger partial charge in [-0.3, -0.25) is 14.4 Å². The Bertz CT molecular complexity index is 1400. The molecule has 1 unspecified atom stereocenters. The Kier molecular flexibility index (Phi) is 58.3. The standard InChI is InChI=1S/C67H116O6/c1-4-7-10-13-16-19-22-25-28-30-32-33-35-36-39-42-45-48-51-54-57-60-66(69)72-63-64(62-71-65(68)59-56-53-50-47-44-41-38-27-24-21-18-15-12-9-6-3)73-67(70)61-58-55-52-49-46-43-40-37-34-31-29-26-23-20-17-14-11-8-5-2/h8,11,17,20,22,25-27,29-30,32,34,37-38,64H,4-7,9-10,12-16,18-19,21,23-24,28,31,33,35-36,39-63H2,1-3H3/b11-8-,20-17-,25-22-,29-26-,32-30-,37-34-,38-27-. The predicted molar refractivity (Wildman–Crippen MR) is 316 cm³/mol. The molecule has 0 aromatic heterocycles. The van der Waals surface area contributed by atoms with E-state index in [9.17, 15) is 14.4 Å². The van der Waals surface area contributed by atoms with Gasteiger partial charge >= 0.3 is 17.9 Å². The number of allylic oxidation sites excluding steroid dienone is 14. The largest absolute Gasteiger partial charge is 0.462 e. The molecule has 420 valence electrons. The van der Waals surface area contributed by atoms with E-state index in [4.69, 9.17) is 14.2 Å². The third-order valence-electron chi connectivity index (χ3n) is 13.4. The molecule has 0 saturated carbocycles. The summed E-state index contributed by atoms with van der Waals surface area (Å²) >= 11 is 0. The molecule has 0 aromatic carbocycles. The average molecular weight is 1020 g/mol. The highest BCUT2D eigenvalue weighted by molar-refractivity contribution is 5.71. The maximum absolute atomic E-state index is 12.9. The van der Waals surface area contributed by atoms with Crippen LogP contribution in [0.5, 0.6) is 0 Å². The fourth-order valence-corrected chi connectivity index (χ4v) is 8.69. The Morgan fingerprint density at radius 2 is 0.534 bits per heavy atom. The van der Waals surface area contributed by atoms with E-state index in [-0.39, 0.29) is 31.1 Å². The van der Waals surface area contributed by atoms with Crippen LogP contribution in [-0.2, 0) is 28.6 Å². The Morgan fingerprint density at radius 1 is 0.288 bits per heavy atom. The Hall–Kier alpha value is -3.41. The van der Waals surface area contributed by atoms with E-state index < -0.39 is 6.10 Å². The molecule has 0 spiro atoms. The molecule has 0 saturated heterocycles. The first-order valence-electron chi connectivity index (χ1n) is 31.1. The Morgan fingerprint density at radius 3 is 0.849 bits per heavy atom. The molecular formula is C67H116O6. The summed E-state index contributed by atoms with van der Waals surface area (Å²) in [4.78, 5) is 38.3. The fourth-order valence-electron chi connectivity index (χ4n) is 8.69. The van der Waals surface area contributed by atoms with E-state index >= 15 is 0 Å². The van der Waals surface area contributed by atoms with Gasteiger partial charge in [0, 0.05) is 19.3 Å². The number of hydrogen-bond acceptors (Lipinski definition) is 6. The van der Waals surface area contributed by atoms with Crippen LogP contribution in [0.4, 0.5) is 0 Å². The van der Waals surface area contributed by atoms with Crippen molar-refractivity contribution in [1.29, 1.82) is 0 Å². The zero-order valence-corrected chi connectivity index (χ0v) is 48.1. The van der Waals surface area contributed by atoms with Crippen LogP contribution >= 0.6 is 0 Å². The minimum atomic E-state index is -0.791. The van der Waals surface area contributed by atoms with Crippen molar-refractivity contribution < 1.29 is 28.6 Å². The van der Waals surface area contributed by atoms with Crippen molar-refractivity contribution in [2.45, 2.75) is 309 Å². The lowest BCUT2D eigenvalue weighted by Gasteiger charge is -2.18. The van der Waals surface area contributed by atoms with Crippen molar-refractivity contribution in [3.05, 3.63) is 85.1 Å². The highest BCUT2D eigenvalue weighted by Gasteiger charge is 2.19. The molecule has 6 heteroatoms. The summed E-state index contributed by atoms with van der Waals surface area (Å²) in [7, 11) is 0. The minimum absolute atomic E-state index is 0.0867. The summed E-state index contributed by atoms with van der Waals surface area (Å²) < 4.78 is 16.9. The van der Waals surface area contributed by atoms with Crippen molar-refractivity contribution in [3.63, 3.8) is 0 Å². The highest BCUT2D eigenvalue weighted by Crippen LogP contribution is 2.15. The Labute approximate surface area is 452 Å². The Balaban J connectivity index is 4.40. The summed E-state index contributed by atoms with van der Waals surface area (Å²) in [5.74, 6) is -0.903. The number of unbranched alkanes of at least 4 members (excludes halogenated alkanes) is 31. The molecule has 0 aliphatic carbocycles. The second-order valence-electron chi connectivity index (χ2n) is 20.6. The topological polar surface area (TPSA) is 78.9 Å². The molecule has 0 bridgehead atoms. The summed E-state index contributed by atoms with van der Waals surface area (Å²) in [5, 5.41) is 0. The molecule has 0 amide bonds. The van der Waals surface area contributed by atoms with Crippen molar-refractivity contribution in [2.75, 3.05) is 13.2 Å². The molecule has 0 aliphatic heterocycles. The molecule has 0 radical (unpaired) electrons. The monoisotopic (exact) mass is 1020 g/mol. The number of ether oxygens (including phenoxy) is 3. The van der Waals surface area contributed by atoms with Gasteiger partial charge in [0.2, 0.25) is 0 Å². The lowest BCUT2D eigenvalue weighted by Crippen LogP contribution is -2.30. The molecule has 0 rings (SSSR count). The van der Waals surface area contributed by atoms with Crippen molar-refractivity contribution >= 4 is 17.9 Å². The zero-order valence-electron chi connectivity index (χ0n) is 48.1. The lowest BCUT2D eigenvalue weighted by atomic mass is 10.1. The van der Waals surface area contributed by atoms with Gasteiger partial charge in [-0.1, -0.05) is 254 Å². The van der Waals surface area contributed by atoms with Gasteiger partial charge in [0.05, 0.1) is 0 Å². The number of hydrogen-bond donors (Lipinski definition) is 0. The molecule has 0 N–H and O–H groups in total. The lowest BCUT2D eigenvalue weighted by molar-refractivity contribution is -0.167. The van der Waals surface area contributed by atoms with Gasteiger partial charge in [-0.25, -0.2) is 0 Å². The van der Waals surface area contributed by atoms with E-state index in [1.165, 1.54) is 154 Å². The maximum Gasteiger partial charge on any atom is 0.306 e. The van der Waals surface area contributed by atoms with E-state index in [1.54, 1.807) is 0 Å². The van der Waals surface area contributed by atoms with Gasteiger partial charge in [-0.2, -0.15) is 0 Å². The SMILES string of the molecule is CC/C=C\C/C=C\C/C=C\C/C=C\CCCCCCCCC(=O)OC(COC(=O)CCCCCCC/C=C\CCCCCCCC)COC(=O)CCCCCCCCCCC/C=C\C/C=C\CCCCCCC. The van der Waals surface area contributed by atoms with Crippen LogP contribution in [0.2, 0.25) is 0 Å². The maximum atomic E-state index is 12.9. The van der Waals surface area contributed by atoms with E-state index in [0.717, 1.165) is 109 Å². The normalized spacial score (nSPS) is 12.6. The number of rotatable bonds is 56. The molecule has 0 heterocycles. The molecule has 73 heavy (non-hydrogen) atoms. The van der Waals surface area contributed by atoms with Crippen LogP contribution in [0.3, 0.4) is 0 Å². The third kappa shape index (κ3) is 59.3. The highest BCUT2D eigenvalue weighted by atomic mass is 16.6. The van der Waals surface area contributed by atoms with Crippen LogP contribution in [0.1, 0.15) is 303 Å². The van der Waals surface area contributed by atoms with Crippen LogP contribution in [0.25, 0.3) is 0 Å². The summed E-state index contributed by atoms with van der Waals surface area (Å²) in [5.41, 5.74) is 0. The van der Waals surface area contributed by atoms with Crippen LogP contribution in [0.15, 0.2) is 85.1 Å². The molecular weight excluding hydrogens is 901 g/mol. The van der Waals surface area contributed by atoms with Gasteiger partial charge in [-0.15, -0.1) is 0 Å². The van der Waals surface area contributed by atoms with Crippen molar-refractivity contribution in [1.82, 2.24) is 0 Å². The van der Waals surface area contributed by atoms with E-state index in [1.807, 2.05) is 0 Å². The van der Waals surface area contributed by atoms with E-state index in [2.05, 4.69) is 106 Å². The number of esters is 3. The summed E-state index contributed by atoms with van der Waals surface area (Å²) in [6.45, 7) is 6.52. The fraction of sp³-hybridized carbons (Fsp3) is 0.746. The average Bonchev–Trinajstić information content (AvgIpc) is 3.39. The van der Waals surface area contributed by atoms with Gasteiger partial charge < -0.3 is 14.2 Å².